The first kappa shape index (κ1) is 11.8. The number of anilines is 1. The van der Waals surface area contributed by atoms with Crippen LogP contribution in [0.15, 0.2) is 12.4 Å². The van der Waals surface area contributed by atoms with E-state index in [9.17, 15) is 9.59 Å². The number of carbonyl (C=O) groups is 2. The second kappa shape index (κ2) is 4.67. The Balaban J connectivity index is 2.18. The van der Waals surface area contributed by atoms with Crippen molar-refractivity contribution in [1.82, 2.24) is 9.97 Å². The first-order chi connectivity index (χ1) is 8.11. The molecule has 2 heterocycles. The molecule has 0 aliphatic carbocycles. The first-order valence-electron chi connectivity index (χ1n) is 4.96. The van der Waals surface area contributed by atoms with Gasteiger partial charge in [-0.3, -0.25) is 9.69 Å². The van der Waals surface area contributed by atoms with Gasteiger partial charge in [0.05, 0.1) is 18.1 Å². The summed E-state index contributed by atoms with van der Waals surface area (Å²) in [5.41, 5.74) is 0.241. The molecule has 1 aromatic rings. The van der Waals surface area contributed by atoms with Gasteiger partial charge in [-0.1, -0.05) is 0 Å². The smallest absolute Gasteiger partial charge is 0.341 e. The molecule has 0 aromatic carbocycles. The van der Waals surface area contributed by atoms with Crippen LogP contribution in [0.5, 0.6) is 0 Å². The van der Waals surface area contributed by atoms with Crippen molar-refractivity contribution in [3.8, 4) is 0 Å². The summed E-state index contributed by atoms with van der Waals surface area (Å²) in [5.74, 6) is -0.374. The number of hydrogen-bond acceptors (Lipinski definition) is 5. The standard InChI is InChI=1S/C10H10ClN3O3/c1-17-9(16)6-3-12-10(13-4-6)14-5-7(11)2-8(14)15/h3-4,7H,2,5H2,1H3. The van der Waals surface area contributed by atoms with Crippen molar-refractivity contribution in [3.63, 3.8) is 0 Å². The minimum atomic E-state index is -0.514. The van der Waals surface area contributed by atoms with Crippen LogP contribution in [0.1, 0.15) is 16.8 Å². The maximum Gasteiger partial charge on any atom is 0.341 e. The fourth-order valence-electron chi connectivity index (χ4n) is 1.54. The van der Waals surface area contributed by atoms with E-state index in [1.54, 1.807) is 0 Å². The summed E-state index contributed by atoms with van der Waals surface area (Å²) in [4.78, 5) is 32.0. The Bertz CT molecular complexity index is 449. The van der Waals surface area contributed by atoms with Crippen molar-refractivity contribution >= 4 is 29.4 Å². The van der Waals surface area contributed by atoms with Gasteiger partial charge in [0.2, 0.25) is 11.9 Å². The van der Waals surface area contributed by atoms with Gasteiger partial charge in [0.1, 0.15) is 0 Å². The van der Waals surface area contributed by atoms with Gasteiger partial charge in [0, 0.05) is 25.4 Å². The normalized spacial score (nSPS) is 19.5. The van der Waals surface area contributed by atoms with Crippen LogP contribution < -0.4 is 4.90 Å². The van der Waals surface area contributed by atoms with Gasteiger partial charge in [-0.05, 0) is 0 Å². The van der Waals surface area contributed by atoms with Crippen molar-refractivity contribution < 1.29 is 14.3 Å². The fraction of sp³-hybridized carbons (Fsp3) is 0.400. The number of hydrogen-bond donors (Lipinski definition) is 0. The molecule has 0 bridgehead atoms. The Hall–Kier alpha value is -1.69. The molecule has 0 N–H and O–H groups in total. The van der Waals surface area contributed by atoms with Crippen molar-refractivity contribution in [2.75, 3.05) is 18.6 Å². The molecule has 1 atom stereocenters. The largest absolute Gasteiger partial charge is 0.465 e. The molecule has 2 rings (SSSR count). The highest BCUT2D eigenvalue weighted by Gasteiger charge is 2.30. The lowest BCUT2D eigenvalue weighted by atomic mass is 10.3. The molecule has 1 aromatic heterocycles. The highest BCUT2D eigenvalue weighted by Crippen LogP contribution is 2.20. The molecule has 1 amide bonds. The molecule has 0 saturated carbocycles. The summed E-state index contributed by atoms with van der Waals surface area (Å²) in [5, 5.41) is -0.216. The van der Waals surface area contributed by atoms with E-state index in [0.29, 0.717) is 6.54 Å². The molecule has 90 valence electrons. The van der Waals surface area contributed by atoms with E-state index in [4.69, 9.17) is 11.6 Å². The van der Waals surface area contributed by atoms with Gasteiger partial charge in [0.25, 0.3) is 0 Å². The highest BCUT2D eigenvalue weighted by molar-refractivity contribution is 6.24. The summed E-state index contributed by atoms with van der Waals surface area (Å²) >= 11 is 5.86. The van der Waals surface area contributed by atoms with Crippen molar-refractivity contribution in [2.45, 2.75) is 11.8 Å². The SMILES string of the molecule is COC(=O)c1cnc(N2CC(Cl)CC2=O)nc1. The quantitative estimate of drug-likeness (QED) is 0.572. The van der Waals surface area contributed by atoms with Crippen molar-refractivity contribution in [3.05, 3.63) is 18.0 Å². The Morgan fingerprint density at radius 3 is 2.65 bits per heavy atom. The second-order valence-corrected chi connectivity index (χ2v) is 4.19. The maximum atomic E-state index is 11.5. The van der Waals surface area contributed by atoms with E-state index in [-0.39, 0.29) is 29.2 Å². The summed E-state index contributed by atoms with van der Waals surface area (Å²) < 4.78 is 4.52. The number of methoxy groups -OCH3 is 1. The molecule has 1 fully saturated rings. The van der Waals surface area contributed by atoms with Gasteiger partial charge >= 0.3 is 5.97 Å². The summed E-state index contributed by atoms with van der Waals surface area (Å²) in [6.45, 7) is 0.387. The lowest BCUT2D eigenvalue weighted by Gasteiger charge is -2.12. The number of amides is 1. The lowest BCUT2D eigenvalue weighted by molar-refractivity contribution is -0.117. The van der Waals surface area contributed by atoms with E-state index in [0.717, 1.165) is 0 Å². The first-order valence-corrected chi connectivity index (χ1v) is 5.40. The number of alkyl halides is 1. The molecule has 6 nitrogen and oxygen atoms in total. The number of carbonyl (C=O) groups excluding carboxylic acids is 2. The molecule has 7 heteroatoms. The highest BCUT2D eigenvalue weighted by atomic mass is 35.5. The van der Waals surface area contributed by atoms with Crippen LogP contribution >= 0.6 is 11.6 Å². The fourth-order valence-corrected chi connectivity index (χ4v) is 1.81. The molecule has 0 spiro atoms. The molecule has 17 heavy (non-hydrogen) atoms. The minimum absolute atomic E-state index is 0.115. The van der Waals surface area contributed by atoms with E-state index in [1.807, 2.05) is 0 Å². The zero-order valence-corrected chi connectivity index (χ0v) is 9.85. The number of aromatic nitrogens is 2. The Morgan fingerprint density at radius 1 is 1.53 bits per heavy atom. The predicted octanol–water partition coefficient (Wildman–Crippen LogP) is 0.607. The van der Waals surface area contributed by atoms with Crippen LogP contribution in [0.4, 0.5) is 5.95 Å². The van der Waals surface area contributed by atoms with Crippen LogP contribution in [0.25, 0.3) is 0 Å². The van der Waals surface area contributed by atoms with Gasteiger partial charge in [0.15, 0.2) is 0 Å². The van der Waals surface area contributed by atoms with Crippen LogP contribution in [-0.2, 0) is 9.53 Å². The Morgan fingerprint density at radius 2 is 2.18 bits per heavy atom. The number of esters is 1. The van der Waals surface area contributed by atoms with Crippen LogP contribution in [0, 0.1) is 0 Å². The Labute approximate surface area is 103 Å². The average Bonchev–Trinajstić information content (AvgIpc) is 2.68. The predicted molar refractivity (Wildman–Crippen MR) is 60.0 cm³/mol. The molecule has 1 unspecified atom stereocenters. The number of halogens is 1. The van der Waals surface area contributed by atoms with Crippen molar-refractivity contribution in [2.24, 2.45) is 0 Å². The average molecular weight is 256 g/mol. The van der Waals surface area contributed by atoms with Crippen LogP contribution in [0.2, 0.25) is 0 Å². The molecular weight excluding hydrogens is 246 g/mol. The van der Waals surface area contributed by atoms with E-state index >= 15 is 0 Å². The lowest BCUT2D eigenvalue weighted by Crippen LogP contribution is -2.26. The third-order valence-electron chi connectivity index (χ3n) is 2.38. The molecule has 1 aliphatic heterocycles. The van der Waals surface area contributed by atoms with E-state index < -0.39 is 5.97 Å². The third kappa shape index (κ3) is 2.36. The van der Waals surface area contributed by atoms with Crippen LogP contribution in [-0.4, -0.2) is 40.9 Å². The summed E-state index contributed by atoms with van der Waals surface area (Å²) in [6, 6.07) is 0. The number of nitrogens with zero attached hydrogens (tertiary/aromatic N) is 3. The summed E-state index contributed by atoms with van der Waals surface area (Å²) in [6.07, 6.45) is 2.93. The van der Waals surface area contributed by atoms with Gasteiger partial charge < -0.3 is 4.74 Å². The molecule has 0 radical (unpaired) electrons. The monoisotopic (exact) mass is 255 g/mol. The topological polar surface area (TPSA) is 72.4 Å². The number of rotatable bonds is 2. The zero-order chi connectivity index (χ0) is 12.4. The molecule has 1 saturated heterocycles. The van der Waals surface area contributed by atoms with Gasteiger partial charge in [-0.15, -0.1) is 11.6 Å². The Kier molecular flexibility index (Phi) is 3.23. The zero-order valence-electron chi connectivity index (χ0n) is 9.09. The molecule has 1 aliphatic rings. The number of ether oxygens (including phenoxy) is 1. The van der Waals surface area contributed by atoms with Crippen LogP contribution in [0.3, 0.4) is 0 Å². The minimum Gasteiger partial charge on any atom is -0.465 e. The second-order valence-electron chi connectivity index (χ2n) is 3.57. The summed E-state index contributed by atoms with van der Waals surface area (Å²) in [7, 11) is 1.28. The molecular formula is C10H10ClN3O3. The maximum absolute atomic E-state index is 11.5. The van der Waals surface area contributed by atoms with E-state index in [1.165, 1.54) is 24.4 Å². The van der Waals surface area contributed by atoms with Gasteiger partial charge in [-0.2, -0.15) is 0 Å². The van der Waals surface area contributed by atoms with Crippen molar-refractivity contribution in [1.29, 1.82) is 0 Å². The van der Waals surface area contributed by atoms with Gasteiger partial charge in [-0.25, -0.2) is 14.8 Å². The van der Waals surface area contributed by atoms with E-state index in [2.05, 4.69) is 14.7 Å². The third-order valence-corrected chi connectivity index (χ3v) is 2.67.